The Bertz CT molecular complexity index is 281. The molecule has 1 aliphatic heterocycles. The smallest absolute Gasteiger partial charge is 0.0862 e. The average molecular weight is 160 g/mol. The van der Waals surface area contributed by atoms with Crippen LogP contribution in [-0.2, 0) is 0 Å². The molecule has 2 aliphatic rings. The van der Waals surface area contributed by atoms with Crippen molar-refractivity contribution in [1.29, 1.82) is 5.26 Å². The van der Waals surface area contributed by atoms with E-state index < -0.39 is 0 Å². The van der Waals surface area contributed by atoms with E-state index >= 15 is 0 Å². The van der Waals surface area contributed by atoms with E-state index in [1.165, 1.54) is 11.3 Å². The van der Waals surface area contributed by atoms with E-state index in [0.29, 0.717) is 0 Å². The lowest BCUT2D eigenvalue weighted by atomic mass is 9.86. The maximum atomic E-state index is 8.88. The summed E-state index contributed by atoms with van der Waals surface area (Å²) in [6, 6.07) is 2.35. The summed E-state index contributed by atoms with van der Waals surface area (Å²) in [5.41, 5.74) is 2.53. The van der Waals surface area contributed by atoms with E-state index in [9.17, 15) is 0 Å². The molecule has 1 aliphatic carbocycles. The van der Waals surface area contributed by atoms with Crippen LogP contribution < -0.4 is 5.32 Å². The summed E-state index contributed by atoms with van der Waals surface area (Å²) in [5.74, 6) is 0.124. The lowest BCUT2D eigenvalue weighted by Crippen LogP contribution is -2.26. The lowest BCUT2D eigenvalue weighted by molar-refractivity contribution is 0.550. The van der Waals surface area contributed by atoms with Gasteiger partial charge in [0.25, 0.3) is 0 Å². The van der Waals surface area contributed by atoms with Crippen molar-refractivity contribution in [2.24, 2.45) is 5.92 Å². The predicted molar refractivity (Wildman–Crippen MR) is 47.1 cm³/mol. The van der Waals surface area contributed by atoms with Gasteiger partial charge in [0.1, 0.15) is 0 Å². The largest absolute Gasteiger partial charge is 0.384 e. The van der Waals surface area contributed by atoms with Crippen molar-refractivity contribution in [3.05, 3.63) is 23.4 Å². The standard InChI is InChI=1S/C10H12N2/c11-7-9-4-1-3-8-5-2-6-12-10(8)9/h2,5,9,12H,1,3-4,6H2. The van der Waals surface area contributed by atoms with Crippen LogP contribution in [0.15, 0.2) is 23.4 Å². The second-order valence-electron chi connectivity index (χ2n) is 3.30. The molecular weight excluding hydrogens is 148 g/mol. The summed E-state index contributed by atoms with van der Waals surface area (Å²) in [4.78, 5) is 0. The summed E-state index contributed by atoms with van der Waals surface area (Å²) in [5, 5.41) is 12.2. The minimum absolute atomic E-state index is 0.124. The average Bonchev–Trinajstić information content (AvgIpc) is 2.17. The maximum Gasteiger partial charge on any atom is 0.0862 e. The van der Waals surface area contributed by atoms with Crippen LogP contribution >= 0.6 is 0 Å². The van der Waals surface area contributed by atoms with Crippen molar-refractivity contribution in [3.63, 3.8) is 0 Å². The second-order valence-corrected chi connectivity index (χ2v) is 3.30. The monoisotopic (exact) mass is 160 g/mol. The molecule has 2 heteroatoms. The number of nitrogens with zero attached hydrogens (tertiary/aromatic N) is 1. The van der Waals surface area contributed by atoms with E-state index in [0.717, 1.165) is 25.8 Å². The molecule has 0 aromatic heterocycles. The first-order valence-electron chi connectivity index (χ1n) is 4.45. The van der Waals surface area contributed by atoms with Crippen LogP contribution in [0.5, 0.6) is 0 Å². The Kier molecular flexibility index (Phi) is 1.87. The molecule has 1 heterocycles. The van der Waals surface area contributed by atoms with E-state index in [4.69, 9.17) is 5.26 Å². The zero-order valence-corrected chi connectivity index (χ0v) is 7.01. The summed E-state index contributed by atoms with van der Waals surface area (Å²) in [6.07, 6.45) is 7.60. The highest BCUT2D eigenvalue weighted by Gasteiger charge is 2.22. The van der Waals surface area contributed by atoms with Crippen molar-refractivity contribution in [1.82, 2.24) is 5.32 Å². The molecule has 0 spiro atoms. The van der Waals surface area contributed by atoms with Gasteiger partial charge in [-0.15, -0.1) is 0 Å². The van der Waals surface area contributed by atoms with E-state index in [1.54, 1.807) is 0 Å². The summed E-state index contributed by atoms with van der Waals surface area (Å²) in [6.45, 7) is 0.886. The van der Waals surface area contributed by atoms with Gasteiger partial charge in [-0.3, -0.25) is 0 Å². The van der Waals surface area contributed by atoms with Crippen molar-refractivity contribution < 1.29 is 0 Å². The van der Waals surface area contributed by atoms with Gasteiger partial charge in [0.2, 0.25) is 0 Å². The normalized spacial score (nSPS) is 27.4. The first-order chi connectivity index (χ1) is 5.92. The fourth-order valence-corrected chi connectivity index (χ4v) is 1.91. The zero-order chi connectivity index (χ0) is 8.39. The van der Waals surface area contributed by atoms with E-state index in [1.807, 2.05) is 0 Å². The molecule has 2 nitrogen and oxygen atoms in total. The Hall–Kier alpha value is -1.23. The molecule has 1 unspecified atom stereocenters. The Morgan fingerprint density at radius 3 is 3.33 bits per heavy atom. The van der Waals surface area contributed by atoms with Crippen LogP contribution in [0.3, 0.4) is 0 Å². The van der Waals surface area contributed by atoms with Crippen molar-refractivity contribution >= 4 is 0 Å². The van der Waals surface area contributed by atoms with Crippen molar-refractivity contribution in [2.45, 2.75) is 19.3 Å². The molecule has 0 aromatic carbocycles. The summed E-state index contributed by atoms with van der Waals surface area (Å²) in [7, 11) is 0. The minimum Gasteiger partial charge on any atom is -0.384 e. The molecule has 1 atom stereocenters. The molecule has 0 radical (unpaired) electrons. The van der Waals surface area contributed by atoms with Gasteiger partial charge in [-0.05, 0) is 24.8 Å². The molecule has 12 heavy (non-hydrogen) atoms. The molecule has 0 saturated heterocycles. The molecule has 0 bridgehead atoms. The number of hydrogen-bond acceptors (Lipinski definition) is 2. The number of nitrogens with one attached hydrogen (secondary N) is 1. The zero-order valence-electron chi connectivity index (χ0n) is 7.01. The van der Waals surface area contributed by atoms with E-state index in [-0.39, 0.29) is 5.92 Å². The predicted octanol–water partition coefficient (Wildman–Crippen LogP) is 1.72. The van der Waals surface area contributed by atoms with Gasteiger partial charge in [0.05, 0.1) is 12.0 Å². The van der Waals surface area contributed by atoms with Gasteiger partial charge in [-0.1, -0.05) is 12.2 Å². The van der Waals surface area contributed by atoms with Crippen LogP contribution in [0.4, 0.5) is 0 Å². The molecule has 2 rings (SSSR count). The van der Waals surface area contributed by atoms with Gasteiger partial charge in [-0.2, -0.15) is 5.26 Å². The molecule has 0 saturated carbocycles. The Balaban J connectivity index is 2.31. The Morgan fingerprint density at radius 2 is 2.50 bits per heavy atom. The van der Waals surface area contributed by atoms with Gasteiger partial charge in [0, 0.05) is 12.2 Å². The van der Waals surface area contributed by atoms with E-state index in [2.05, 4.69) is 23.5 Å². The third-order valence-electron chi connectivity index (χ3n) is 2.52. The Morgan fingerprint density at radius 1 is 1.58 bits per heavy atom. The first kappa shape index (κ1) is 7.42. The van der Waals surface area contributed by atoms with Crippen LogP contribution in [0, 0.1) is 17.2 Å². The van der Waals surface area contributed by atoms with Gasteiger partial charge >= 0.3 is 0 Å². The third-order valence-corrected chi connectivity index (χ3v) is 2.52. The topological polar surface area (TPSA) is 35.8 Å². The summed E-state index contributed by atoms with van der Waals surface area (Å²) < 4.78 is 0. The molecule has 62 valence electrons. The van der Waals surface area contributed by atoms with Crippen LogP contribution in [0.25, 0.3) is 0 Å². The SMILES string of the molecule is N#CC1CCCC2=C1NCC=C2. The number of hydrogen-bond donors (Lipinski definition) is 1. The highest BCUT2D eigenvalue weighted by Crippen LogP contribution is 2.29. The second kappa shape index (κ2) is 3.02. The quantitative estimate of drug-likeness (QED) is 0.585. The molecule has 1 N–H and O–H groups in total. The number of nitriles is 1. The summed E-state index contributed by atoms with van der Waals surface area (Å²) >= 11 is 0. The van der Waals surface area contributed by atoms with Gasteiger partial charge in [-0.25, -0.2) is 0 Å². The number of allylic oxidation sites excluding steroid dienone is 3. The lowest BCUT2D eigenvalue weighted by Gasteiger charge is -2.26. The number of dihydropyridines is 1. The van der Waals surface area contributed by atoms with Crippen LogP contribution in [0.1, 0.15) is 19.3 Å². The van der Waals surface area contributed by atoms with Gasteiger partial charge in [0.15, 0.2) is 0 Å². The fraction of sp³-hybridized carbons (Fsp3) is 0.500. The molecular formula is C10H12N2. The highest BCUT2D eigenvalue weighted by atomic mass is 14.9. The molecule has 0 aromatic rings. The minimum atomic E-state index is 0.124. The molecule has 0 fully saturated rings. The fourth-order valence-electron chi connectivity index (χ4n) is 1.91. The van der Waals surface area contributed by atoms with Gasteiger partial charge < -0.3 is 5.32 Å². The van der Waals surface area contributed by atoms with Crippen molar-refractivity contribution in [2.75, 3.05) is 6.54 Å². The van der Waals surface area contributed by atoms with Crippen LogP contribution in [0.2, 0.25) is 0 Å². The maximum absolute atomic E-state index is 8.88. The third kappa shape index (κ3) is 1.12. The van der Waals surface area contributed by atoms with Crippen molar-refractivity contribution in [3.8, 4) is 6.07 Å². The molecule has 0 amide bonds. The first-order valence-corrected chi connectivity index (χ1v) is 4.45. The van der Waals surface area contributed by atoms with Crippen LogP contribution in [-0.4, -0.2) is 6.54 Å². The number of rotatable bonds is 0. The highest BCUT2D eigenvalue weighted by molar-refractivity contribution is 5.34. The Labute approximate surface area is 72.6 Å².